The molecule has 0 radical (unpaired) electrons. The maximum atomic E-state index is 13.2. The van der Waals surface area contributed by atoms with Crippen molar-refractivity contribution in [2.75, 3.05) is 30.3 Å². The van der Waals surface area contributed by atoms with Crippen LogP contribution in [-0.2, 0) is 10.2 Å². The van der Waals surface area contributed by atoms with Crippen molar-refractivity contribution in [2.24, 2.45) is 0 Å². The first-order chi connectivity index (χ1) is 16.7. The molecule has 3 N–H and O–H groups in total. The number of thiophene rings is 1. The number of pyridine rings is 1. The molecular formula is C25H27N5O4S. The van der Waals surface area contributed by atoms with Crippen LogP contribution in [0.2, 0.25) is 0 Å². The second kappa shape index (κ2) is 10.2. The first-order valence-corrected chi connectivity index (χ1v) is 12.0. The van der Waals surface area contributed by atoms with E-state index in [9.17, 15) is 14.4 Å². The van der Waals surface area contributed by atoms with Crippen molar-refractivity contribution in [3.05, 3.63) is 65.3 Å². The average Bonchev–Trinajstić information content (AvgIpc) is 3.25. The summed E-state index contributed by atoms with van der Waals surface area (Å²) < 4.78 is 5.74. The molecule has 1 aliphatic heterocycles. The molecule has 1 aliphatic rings. The van der Waals surface area contributed by atoms with Crippen LogP contribution < -0.4 is 20.7 Å². The summed E-state index contributed by atoms with van der Waals surface area (Å²) in [7, 11) is 0. The van der Waals surface area contributed by atoms with Crippen molar-refractivity contribution in [3.63, 3.8) is 0 Å². The predicted octanol–water partition coefficient (Wildman–Crippen LogP) is 4.45. The highest BCUT2D eigenvalue weighted by molar-refractivity contribution is 7.16. The van der Waals surface area contributed by atoms with Crippen molar-refractivity contribution in [3.8, 4) is 11.5 Å². The van der Waals surface area contributed by atoms with Gasteiger partial charge in [0, 0.05) is 36.0 Å². The van der Waals surface area contributed by atoms with Crippen LogP contribution in [0.5, 0.6) is 11.5 Å². The summed E-state index contributed by atoms with van der Waals surface area (Å²) >= 11 is 1.33. The van der Waals surface area contributed by atoms with E-state index in [4.69, 9.17) is 4.74 Å². The first kappa shape index (κ1) is 24.4. The molecule has 35 heavy (non-hydrogen) atoms. The van der Waals surface area contributed by atoms with Gasteiger partial charge in [-0.1, -0.05) is 20.8 Å². The number of anilines is 2. The van der Waals surface area contributed by atoms with Crippen LogP contribution >= 0.6 is 11.3 Å². The molecule has 0 unspecified atom stereocenters. The van der Waals surface area contributed by atoms with Crippen LogP contribution in [0, 0.1) is 0 Å². The number of urea groups is 1. The molecule has 0 bridgehead atoms. The lowest BCUT2D eigenvalue weighted by Gasteiger charge is -2.25. The highest BCUT2D eigenvalue weighted by Gasteiger charge is 2.30. The molecule has 1 saturated heterocycles. The Labute approximate surface area is 207 Å². The Morgan fingerprint density at radius 2 is 1.74 bits per heavy atom. The quantitative estimate of drug-likeness (QED) is 0.453. The molecule has 4 rings (SSSR count). The third-order valence-electron chi connectivity index (χ3n) is 5.26. The minimum absolute atomic E-state index is 0.117. The van der Waals surface area contributed by atoms with Crippen LogP contribution in [0.3, 0.4) is 0 Å². The second-order valence-electron chi connectivity index (χ2n) is 9.02. The molecule has 10 heteroatoms. The average molecular weight is 494 g/mol. The molecule has 0 atom stereocenters. The van der Waals surface area contributed by atoms with Gasteiger partial charge in [-0.3, -0.25) is 24.8 Å². The summed E-state index contributed by atoms with van der Waals surface area (Å²) in [6, 6.07) is 11.7. The number of hydrogen-bond donors (Lipinski definition) is 3. The number of benzene rings is 1. The fourth-order valence-electron chi connectivity index (χ4n) is 3.39. The van der Waals surface area contributed by atoms with Crippen molar-refractivity contribution in [1.82, 2.24) is 15.2 Å². The number of rotatable bonds is 5. The van der Waals surface area contributed by atoms with Crippen molar-refractivity contribution in [1.29, 1.82) is 0 Å². The summed E-state index contributed by atoms with van der Waals surface area (Å²) in [6.45, 7) is 7.04. The van der Waals surface area contributed by atoms with E-state index in [0.717, 1.165) is 4.88 Å². The molecule has 0 saturated carbocycles. The number of carbonyl (C=O) groups is 3. The largest absolute Gasteiger partial charge is 0.457 e. The Kier molecular flexibility index (Phi) is 7.13. The fraction of sp³-hybridized carbons (Fsp3) is 0.280. The van der Waals surface area contributed by atoms with E-state index in [1.54, 1.807) is 54.9 Å². The van der Waals surface area contributed by atoms with Gasteiger partial charge in [-0.25, -0.2) is 4.79 Å². The Morgan fingerprint density at radius 3 is 2.40 bits per heavy atom. The highest BCUT2D eigenvalue weighted by Crippen LogP contribution is 2.37. The third kappa shape index (κ3) is 6.03. The van der Waals surface area contributed by atoms with E-state index < -0.39 is 11.9 Å². The minimum atomic E-state index is -0.490. The lowest BCUT2D eigenvalue weighted by atomic mass is 9.94. The van der Waals surface area contributed by atoms with E-state index in [1.165, 1.54) is 16.2 Å². The molecular weight excluding hydrogens is 466 g/mol. The molecule has 3 aromatic rings. The number of carbonyl (C=O) groups excluding carboxylic acids is 3. The zero-order valence-electron chi connectivity index (χ0n) is 19.8. The molecule has 4 amide bonds. The van der Waals surface area contributed by atoms with E-state index in [0.29, 0.717) is 34.3 Å². The Balaban J connectivity index is 1.47. The Hall–Kier alpha value is -3.76. The number of amides is 4. The van der Waals surface area contributed by atoms with Crippen molar-refractivity contribution in [2.45, 2.75) is 26.2 Å². The zero-order valence-corrected chi connectivity index (χ0v) is 20.6. The molecule has 3 heterocycles. The van der Waals surface area contributed by atoms with Gasteiger partial charge in [0.2, 0.25) is 5.91 Å². The molecule has 0 spiro atoms. The summed E-state index contributed by atoms with van der Waals surface area (Å²) in [5, 5.41) is 8.93. The van der Waals surface area contributed by atoms with E-state index >= 15 is 0 Å². The number of hydrogen-bond acceptors (Lipinski definition) is 7. The maximum absolute atomic E-state index is 13.2. The molecule has 9 nitrogen and oxygen atoms in total. The van der Waals surface area contributed by atoms with Crippen LogP contribution in [0.25, 0.3) is 0 Å². The zero-order chi connectivity index (χ0) is 25.0. The minimum Gasteiger partial charge on any atom is -0.457 e. The van der Waals surface area contributed by atoms with Gasteiger partial charge < -0.3 is 15.4 Å². The van der Waals surface area contributed by atoms with E-state index in [2.05, 4.69) is 20.9 Å². The van der Waals surface area contributed by atoms with Gasteiger partial charge in [-0.05, 0) is 47.9 Å². The normalized spacial score (nSPS) is 13.9. The maximum Gasteiger partial charge on any atom is 0.324 e. The van der Waals surface area contributed by atoms with Gasteiger partial charge in [0.05, 0.1) is 12.1 Å². The number of nitrogens with zero attached hydrogens (tertiary/aromatic N) is 2. The summed E-state index contributed by atoms with van der Waals surface area (Å²) in [6.07, 6.45) is 3.28. The standard InChI is InChI=1S/C25H27N5O4S/c1-25(2,3)20-14-19(23(32)30-13-12-27-15-21(30)31)22(35-20)29-24(33)28-16-4-6-17(7-5-16)34-18-8-10-26-11-9-18/h4-11,14,27H,12-13,15H2,1-3H3,(H2,28,29,33). The SMILES string of the molecule is CC(C)(C)c1cc(C(=O)N2CCNCC2=O)c(NC(=O)Nc2ccc(Oc3ccncc3)cc2)s1. The second-order valence-corrected chi connectivity index (χ2v) is 10.1. The lowest BCUT2D eigenvalue weighted by Crippen LogP contribution is -2.50. The highest BCUT2D eigenvalue weighted by atomic mass is 32.1. The third-order valence-corrected chi connectivity index (χ3v) is 6.74. The van der Waals surface area contributed by atoms with Gasteiger partial charge in [-0.2, -0.15) is 0 Å². The van der Waals surface area contributed by atoms with E-state index in [1.807, 2.05) is 20.8 Å². The summed E-state index contributed by atoms with van der Waals surface area (Å²) in [4.78, 5) is 44.3. The topological polar surface area (TPSA) is 113 Å². The van der Waals surface area contributed by atoms with Crippen LogP contribution in [-0.4, -0.2) is 47.4 Å². The number of ether oxygens (including phenoxy) is 1. The van der Waals surface area contributed by atoms with Gasteiger partial charge in [0.15, 0.2) is 0 Å². The number of imide groups is 1. The fourth-order valence-corrected chi connectivity index (χ4v) is 4.50. The molecule has 182 valence electrons. The van der Waals surface area contributed by atoms with Gasteiger partial charge in [0.1, 0.15) is 16.5 Å². The number of nitrogens with one attached hydrogen (secondary N) is 3. The van der Waals surface area contributed by atoms with Gasteiger partial charge in [-0.15, -0.1) is 11.3 Å². The van der Waals surface area contributed by atoms with Crippen LogP contribution in [0.4, 0.5) is 15.5 Å². The lowest BCUT2D eigenvalue weighted by molar-refractivity contribution is -0.129. The number of piperazine rings is 1. The van der Waals surface area contributed by atoms with Crippen molar-refractivity contribution >= 4 is 39.9 Å². The van der Waals surface area contributed by atoms with Crippen molar-refractivity contribution < 1.29 is 19.1 Å². The summed E-state index contributed by atoms with van der Waals surface area (Å²) in [5.41, 5.74) is 0.641. The van der Waals surface area contributed by atoms with Crippen LogP contribution in [0.1, 0.15) is 36.0 Å². The van der Waals surface area contributed by atoms with Gasteiger partial charge >= 0.3 is 6.03 Å². The van der Waals surface area contributed by atoms with E-state index in [-0.39, 0.29) is 24.4 Å². The summed E-state index contributed by atoms with van der Waals surface area (Å²) in [5.74, 6) is 0.583. The monoisotopic (exact) mass is 493 g/mol. The Morgan fingerprint density at radius 1 is 1.06 bits per heavy atom. The molecule has 0 aliphatic carbocycles. The number of aromatic nitrogens is 1. The first-order valence-electron chi connectivity index (χ1n) is 11.2. The molecule has 1 aromatic carbocycles. The molecule has 2 aromatic heterocycles. The predicted molar refractivity (Wildman–Crippen MR) is 135 cm³/mol. The van der Waals surface area contributed by atoms with Crippen LogP contribution in [0.15, 0.2) is 54.9 Å². The molecule has 1 fully saturated rings. The Bertz CT molecular complexity index is 1220. The smallest absolute Gasteiger partial charge is 0.324 e. The van der Waals surface area contributed by atoms with Gasteiger partial charge in [0.25, 0.3) is 5.91 Å².